The Labute approximate surface area is 170 Å². The molecule has 0 bridgehead atoms. The van der Waals surface area contributed by atoms with Gasteiger partial charge < -0.3 is 24.2 Å². The zero-order chi connectivity index (χ0) is 19.6. The van der Waals surface area contributed by atoms with Crippen LogP contribution in [0, 0.1) is 0 Å². The number of hydrogen-bond donors (Lipinski definition) is 0. The predicted molar refractivity (Wildman–Crippen MR) is 109 cm³/mol. The van der Waals surface area contributed by atoms with Gasteiger partial charge in [-0.25, -0.2) is 4.98 Å². The van der Waals surface area contributed by atoms with Crippen LogP contribution in [0.5, 0.6) is 11.5 Å². The van der Waals surface area contributed by atoms with Crippen LogP contribution in [-0.2, 0) is 0 Å². The molecule has 0 unspecified atom stereocenters. The van der Waals surface area contributed by atoms with Gasteiger partial charge in [-0.15, -0.1) is 0 Å². The van der Waals surface area contributed by atoms with E-state index in [-0.39, 0.29) is 12.7 Å². The molecular formula is C21H25N5O3. The lowest BCUT2D eigenvalue weighted by molar-refractivity contribution is 0.0746. The smallest absolute Gasteiger partial charge is 0.254 e. The Morgan fingerprint density at radius 1 is 0.862 bits per heavy atom. The maximum atomic E-state index is 12.9. The molecule has 3 aliphatic heterocycles. The molecule has 0 N–H and O–H groups in total. The van der Waals surface area contributed by atoms with Gasteiger partial charge in [0.05, 0.1) is 0 Å². The SMILES string of the molecule is O=C(c1ccc2c(c1)OCO2)N1CCN(c2ccnc(N3CCCCC3)n2)CC1. The van der Waals surface area contributed by atoms with Gasteiger partial charge in [0.1, 0.15) is 5.82 Å². The number of benzene rings is 1. The van der Waals surface area contributed by atoms with Crippen LogP contribution in [0.4, 0.5) is 11.8 Å². The first-order chi connectivity index (χ1) is 14.3. The van der Waals surface area contributed by atoms with Gasteiger partial charge in [-0.2, -0.15) is 4.98 Å². The highest BCUT2D eigenvalue weighted by molar-refractivity contribution is 5.95. The Bertz CT molecular complexity index is 892. The van der Waals surface area contributed by atoms with Crippen molar-refractivity contribution in [2.75, 3.05) is 55.9 Å². The van der Waals surface area contributed by atoms with Gasteiger partial charge in [-0.1, -0.05) is 0 Å². The molecule has 0 radical (unpaired) electrons. The molecule has 2 aromatic rings. The number of rotatable bonds is 3. The molecule has 0 saturated carbocycles. The number of carbonyl (C=O) groups is 1. The zero-order valence-electron chi connectivity index (χ0n) is 16.4. The fourth-order valence-corrected chi connectivity index (χ4v) is 4.11. The first kappa shape index (κ1) is 18.0. The fraction of sp³-hybridized carbons (Fsp3) is 0.476. The molecule has 2 fully saturated rings. The Balaban J connectivity index is 1.23. The lowest BCUT2D eigenvalue weighted by atomic mass is 10.1. The van der Waals surface area contributed by atoms with E-state index in [2.05, 4.69) is 14.8 Å². The van der Waals surface area contributed by atoms with E-state index < -0.39 is 0 Å². The third-order valence-corrected chi connectivity index (χ3v) is 5.78. The van der Waals surface area contributed by atoms with Crippen molar-refractivity contribution in [3.05, 3.63) is 36.0 Å². The second-order valence-electron chi connectivity index (χ2n) is 7.61. The van der Waals surface area contributed by atoms with Crippen LogP contribution in [-0.4, -0.2) is 66.8 Å². The van der Waals surface area contributed by atoms with Crippen molar-refractivity contribution in [1.29, 1.82) is 0 Å². The summed E-state index contributed by atoms with van der Waals surface area (Å²) in [4.78, 5) is 28.5. The van der Waals surface area contributed by atoms with Gasteiger partial charge >= 0.3 is 0 Å². The molecule has 0 atom stereocenters. The monoisotopic (exact) mass is 395 g/mol. The number of ether oxygens (including phenoxy) is 2. The van der Waals surface area contributed by atoms with Crippen molar-refractivity contribution < 1.29 is 14.3 Å². The first-order valence-corrected chi connectivity index (χ1v) is 10.3. The van der Waals surface area contributed by atoms with E-state index in [1.807, 2.05) is 17.2 Å². The second-order valence-corrected chi connectivity index (χ2v) is 7.61. The second kappa shape index (κ2) is 7.77. The molecule has 0 aliphatic carbocycles. The number of aromatic nitrogens is 2. The van der Waals surface area contributed by atoms with Crippen LogP contribution >= 0.6 is 0 Å². The molecule has 8 nitrogen and oxygen atoms in total. The number of piperazine rings is 1. The van der Waals surface area contributed by atoms with Crippen molar-refractivity contribution in [2.24, 2.45) is 0 Å². The third kappa shape index (κ3) is 3.66. The summed E-state index contributed by atoms with van der Waals surface area (Å²) in [7, 11) is 0. The normalized spacial score (nSPS) is 18.8. The van der Waals surface area contributed by atoms with Crippen molar-refractivity contribution >= 4 is 17.7 Å². The number of anilines is 2. The molecule has 5 rings (SSSR count). The quantitative estimate of drug-likeness (QED) is 0.789. The van der Waals surface area contributed by atoms with E-state index in [1.165, 1.54) is 19.3 Å². The van der Waals surface area contributed by atoms with Crippen LogP contribution in [0.25, 0.3) is 0 Å². The van der Waals surface area contributed by atoms with Crippen molar-refractivity contribution in [1.82, 2.24) is 14.9 Å². The molecule has 1 amide bonds. The largest absolute Gasteiger partial charge is 0.454 e. The van der Waals surface area contributed by atoms with Gasteiger partial charge in [0.15, 0.2) is 11.5 Å². The Morgan fingerprint density at radius 2 is 1.66 bits per heavy atom. The van der Waals surface area contributed by atoms with Crippen molar-refractivity contribution in [3.8, 4) is 11.5 Å². The lowest BCUT2D eigenvalue weighted by Gasteiger charge is -2.36. The molecule has 1 aromatic carbocycles. The zero-order valence-corrected chi connectivity index (χ0v) is 16.4. The van der Waals surface area contributed by atoms with Crippen LogP contribution < -0.4 is 19.3 Å². The van der Waals surface area contributed by atoms with E-state index in [4.69, 9.17) is 14.5 Å². The number of carbonyl (C=O) groups excluding carboxylic acids is 1. The average molecular weight is 395 g/mol. The lowest BCUT2D eigenvalue weighted by Crippen LogP contribution is -2.49. The minimum Gasteiger partial charge on any atom is -0.454 e. The summed E-state index contributed by atoms with van der Waals surface area (Å²) >= 11 is 0. The van der Waals surface area contributed by atoms with Crippen molar-refractivity contribution in [3.63, 3.8) is 0 Å². The summed E-state index contributed by atoms with van der Waals surface area (Å²) in [5.74, 6) is 3.12. The summed E-state index contributed by atoms with van der Waals surface area (Å²) in [6, 6.07) is 7.33. The minimum absolute atomic E-state index is 0.0274. The van der Waals surface area contributed by atoms with Gasteiger partial charge in [0, 0.05) is 51.0 Å². The summed E-state index contributed by atoms with van der Waals surface area (Å²) in [6.07, 6.45) is 5.54. The Kier molecular flexibility index (Phi) is 4.83. The molecule has 1 aromatic heterocycles. The molecule has 3 aliphatic rings. The maximum absolute atomic E-state index is 12.9. The summed E-state index contributed by atoms with van der Waals surface area (Å²) in [5, 5.41) is 0. The standard InChI is InChI=1S/C21H25N5O3/c27-20(16-4-5-17-18(14-16)29-15-28-17)25-12-10-24(11-13-25)19-6-7-22-21(23-19)26-8-2-1-3-9-26/h4-7,14H,1-3,8-13,15H2. The minimum atomic E-state index is 0.0274. The molecule has 8 heteroatoms. The highest BCUT2D eigenvalue weighted by Gasteiger charge is 2.25. The predicted octanol–water partition coefficient (Wildman–Crippen LogP) is 2.16. The number of amides is 1. The topological polar surface area (TPSA) is 71.0 Å². The van der Waals surface area contributed by atoms with Crippen molar-refractivity contribution in [2.45, 2.75) is 19.3 Å². The van der Waals surface area contributed by atoms with Crippen LogP contribution in [0.15, 0.2) is 30.5 Å². The first-order valence-electron chi connectivity index (χ1n) is 10.3. The maximum Gasteiger partial charge on any atom is 0.254 e. The number of hydrogen-bond acceptors (Lipinski definition) is 7. The fourth-order valence-electron chi connectivity index (χ4n) is 4.11. The number of fused-ring (bicyclic) bond motifs is 1. The molecule has 0 spiro atoms. The number of piperidine rings is 1. The summed E-state index contributed by atoms with van der Waals surface area (Å²) < 4.78 is 10.7. The molecule has 2 saturated heterocycles. The van der Waals surface area contributed by atoms with Crippen LogP contribution in [0.2, 0.25) is 0 Å². The summed E-state index contributed by atoms with van der Waals surface area (Å²) in [5.41, 5.74) is 0.636. The van der Waals surface area contributed by atoms with E-state index in [0.717, 1.165) is 37.9 Å². The van der Waals surface area contributed by atoms with E-state index in [9.17, 15) is 4.79 Å². The molecular weight excluding hydrogens is 370 g/mol. The van der Waals surface area contributed by atoms with E-state index in [1.54, 1.807) is 18.2 Å². The van der Waals surface area contributed by atoms with Gasteiger partial charge in [-0.3, -0.25) is 4.79 Å². The average Bonchev–Trinajstić information content (AvgIpc) is 3.27. The Morgan fingerprint density at radius 3 is 2.48 bits per heavy atom. The van der Waals surface area contributed by atoms with Gasteiger partial charge in [0.2, 0.25) is 12.7 Å². The molecule has 29 heavy (non-hydrogen) atoms. The van der Waals surface area contributed by atoms with Gasteiger partial charge in [-0.05, 0) is 43.5 Å². The van der Waals surface area contributed by atoms with E-state index >= 15 is 0 Å². The number of nitrogens with zero attached hydrogens (tertiary/aromatic N) is 5. The van der Waals surface area contributed by atoms with Gasteiger partial charge in [0.25, 0.3) is 5.91 Å². The molecule has 152 valence electrons. The van der Waals surface area contributed by atoms with E-state index in [0.29, 0.717) is 30.2 Å². The Hall–Kier alpha value is -3.03. The molecule has 4 heterocycles. The highest BCUT2D eigenvalue weighted by atomic mass is 16.7. The highest BCUT2D eigenvalue weighted by Crippen LogP contribution is 2.33. The third-order valence-electron chi connectivity index (χ3n) is 5.78. The van der Waals surface area contributed by atoms with Crippen LogP contribution in [0.1, 0.15) is 29.6 Å². The van der Waals surface area contributed by atoms with Crippen LogP contribution in [0.3, 0.4) is 0 Å². The summed E-state index contributed by atoms with van der Waals surface area (Å²) in [6.45, 7) is 5.11.